The molecule has 0 aliphatic heterocycles. The summed E-state index contributed by atoms with van der Waals surface area (Å²) in [5.74, 6) is 1.34. The van der Waals surface area contributed by atoms with Crippen LogP contribution in [0.15, 0.2) is 18.2 Å². The molecule has 0 saturated heterocycles. The molecule has 1 nitrogen and oxygen atoms in total. The first-order valence-electron chi connectivity index (χ1n) is 7.25. The van der Waals surface area contributed by atoms with Crippen LogP contribution in [0, 0.1) is 19.8 Å². The van der Waals surface area contributed by atoms with Gasteiger partial charge >= 0.3 is 0 Å². The molecule has 0 aromatic heterocycles. The fraction of sp³-hybridized carbons (Fsp3) is 0.647. The molecule has 0 radical (unpaired) electrons. The van der Waals surface area contributed by atoms with Crippen LogP contribution >= 0.6 is 0 Å². The van der Waals surface area contributed by atoms with Crippen LogP contribution in [-0.4, -0.2) is 12.6 Å². The van der Waals surface area contributed by atoms with Gasteiger partial charge in [-0.2, -0.15) is 0 Å². The summed E-state index contributed by atoms with van der Waals surface area (Å²) in [4.78, 5) is 0. The first kappa shape index (κ1) is 15.2. The number of nitrogens with one attached hydrogen (secondary N) is 1. The summed E-state index contributed by atoms with van der Waals surface area (Å²) in [6.45, 7) is 14.6. The molecule has 0 heterocycles. The molecule has 0 fully saturated rings. The monoisotopic (exact) mass is 247 g/mol. The Morgan fingerprint density at radius 2 is 1.56 bits per heavy atom. The van der Waals surface area contributed by atoms with Gasteiger partial charge < -0.3 is 5.32 Å². The van der Waals surface area contributed by atoms with Crippen molar-refractivity contribution in [2.45, 2.75) is 59.9 Å². The number of hydrogen-bond donors (Lipinski definition) is 1. The van der Waals surface area contributed by atoms with Crippen LogP contribution in [0.3, 0.4) is 0 Å². The third-order valence-corrected chi connectivity index (χ3v) is 3.75. The van der Waals surface area contributed by atoms with Gasteiger partial charge in [0, 0.05) is 12.6 Å². The Morgan fingerprint density at radius 1 is 1.00 bits per heavy atom. The number of rotatable bonds is 6. The van der Waals surface area contributed by atoms with E-state index in [1.54, 1.807) is 0 Å². The van der Waals surface area contributed by atoms with Crippen LogP contribution in [0.4, 0.5) is 0 Å². The molecule has 18 heavy (non-hydrogen) atoms. The average Bonchev–Trinajstić information content (AvgIpc) is 2.27. The molecule has 102 valence electrons. The van der Waals surface area contributed by atoms with Gasteiger partial charge in [0.1, 0.15) is 0 Å². The normalized spacial score (nSPS) is 14.8. The Labute approximate surface area is 113 Å². The van der Waals surface area contributed by atoms with E-state index in [1.807, 2.05) is 0 Å². The standard InChI is InChI=1S/C17H29N/c1-7-15(6)17(11-18-12(2)3)16-9-13(4)8-14(5)10-16/h8-10,12,15,17-18H,7,11H2,1-6H3. The van der Waals surface area contributed by atoms with E-state index in [2.05, 4.69) is 65.1 Å². The highest BCUT2D eigenvalue weighted by molar-refractivity contribution is 5.31. The van der Waals surface area contributed by atoms with Crippen LogP contribution in [0.1, 0.15) is 56.7 Å². The van der Waals surface area contributed by atoms with E-state index in [1.165, 1.54) is 23.1 Å². The molecule has 0 bridgehead atoms. The lowest BCUT2D eigenvalue weighted by molar-refractivity contribution is 0.406. The molecule has 1 rings (SSSR count). The molecule has 1 aromatic carbocycles. The topological polar surface area (TPSA) is 12.0 Å². The Bertz CT molecular complexity index is 348. The molecule has 0 aliphatic carbocycles. The number of hydrogen-bond acceptors (Lipinski definition) is 1. The Balaban J connectivity index is 2.93. The predicted molar refractivity (Wildman–Crippen MR) is 81.3 cm³/mol. The zero-order valence-electron chi connectivity index (χ0n) is 12.9. The summed E-state index contributed by atoms with van der Waals surface area (Å²) >= 11 is 0. The van der Waals surface area contributed by atoms with Gasteiger partial charge in [-0.1, -0.05) is 63.4 Å². The molecule has 0 amide bonds. The Kier molecular flexibility index (Phi) is 5.87. The SMILES string of the molecule is CCC(C)C(CNC(C)C)c1cc(C)cc(C)c1. The third-order valence-electron chi connectivity index (χ3n) is 3.75. The molecular formula is C17H29N. The molecular weight excluding hydrogens is 218 g/mol. The van der Waals surface area contributed by atoms with Crippen molar-refractivity contribution < 1.29 is 0 Å². The van der Waals surface area contributed by atoms with Gasteiger partial charge in [-0.05, 0) is 31.2 Å². The second-order valence-electron chi connectivity index (χ2n) is 5.98. The van der Waals surface area contributed by atoms with Crippen molar-refractivity contribution in [1.82, 2.24) is 5.32 Å². The molecule has 0 saturated carbocycles. The minimum Gasteiger partial charge on any atom is -0.314 e. The van der Waals surface area contributed by atoms with Gasteiger partial charge in [0.2, 0.25) is 0 Å². The van der Waals surface area contributed by atoms with Crippen molar-refractivity contribution in [3.63, 3.8) is 0 Å². The third kappa shape index (κ3) is 4.45. The van der Waals surface area contributed by atoms with E-state index in [9.17, 15) is 0 Å². The minimum atomic E-state index is 0.558. The van der Waals surface area contributed by atoms with E-state index in [4.69, 9.17) is 0 Å². The van der Waals surface area contributed by atoms with E-state index in [0.717, 1.165) is 12.5 Å². The summed E-state index contributed by atoms with van der Waals surface area (Å²) in [7, 11) is 0. The molecule has 1 N–H and O–H groups in total. The first-order valence-corrected chi connectivity index (χ1v) is 7.25. The van der Waals surface area contributed by atoms with Gasteiger partial charge in [-0.25, -0.2) is 0 Å². The van der Waals surface area contributed by atoms with Crippen molar-refractivity contribution >= 4 is 0 Å². The van der Waals surface area contributed by atoms with Crippen molar-refractivity contribution in [2.75, 3.05) is 6.54 Å². The number of aryl methyl sites for hydroxylation is 2. The molecule has 2 unspecified atom stereocenters. The summed E-state index contributed by atoms with van der Waals surface area (Å²) in [5, 5.41) is 3.60. The zero-order chi connectivity index (χ0) is 13.7. The van der Waals surface area contributed by atoms with Gasteiger partial charge in [-0.3, -0.25) is 0 Å². The fourth-order valence-corrected chi connectivity index (χ4v) is 2.52. The number of benzene rings is 1. The van der Waals surface area contributed by atoms with Crippen molar-refractivity contribution in [3.8, 4) is 0 Å². The summed E-state index contributed by atoms with van der Waals surface area (Å²) in [6.07, 6.45) is 1.23. The smallest absolute Gasteiger partial charge is 0.00250 e. The Morgan fingerprint density at radius 3 is 2.00 bits per heavy atom. The lowest BCUT2D eigenvalue weighted by Crippen LogP contribution is -2.30. The lowest BCUT2D eigenvalue weighted by atomic mass is 9.84. The maximum Gasteiger partial charge on any atom is 0.00250 e. The predicted octanol–water partition coefficient (Wildman–Crippen LogP) is 4.43. The lowest BCUT2D eigenvalue weighted by Gasteiger charge is -2.26. The fourth-order valence-electron chi connectivity index (χ4n) is 2.52. The summed E-state index contributed by atoms with van der Waals surface area (Å²) in [5.41, 5.74) is 4.25. The van der Waals surface area contributed by atoms with Gasteiger partial charge in [0.25, 0.3) is 0 Å². The van der Waals surface area contributed by atoms with Crippen molar-refractivity contribution in [1.29, 1.82) is 0 Å². The second-order valence-corrected chi connectivity index (χ2v) is 5.98. The second kappa shape index (κ2) is 6.94. The van der Waals surface area contributed by atoms with Crippen LogP contribution in [0.2, 0.25) is 0 Å². The molecule has 2 atom stereocenters. The zero-order valence-corrected chi connectivity index (χ0v) is 12.9. The maximum absolute atomic E-state index is 3.60. The first-order chi connectivity index (χ1) is 8.43. The van der Waals surface area contributed by atoms with E-state index < -0.39 is 0 Å². The van der Waals surface area contributed by atoms with E-state index in [0.29, 0.717) is 12.0 Å². The highest BCUT2D eigenvalue weighted by Crippen LogP contribution is 2.28. The summed E-state index contributed by atoms with van der Waals surface area (Å²) in [6, 6.07) is 7.52. The van der Waals surface area contributed by atoms with Gasteiger partial charge in [-0.15, -0.1) is 0 Å². The van der Waals surface area contributed by atoms with Crippen molar-refractivity contribution in [2.24, 2.45) is 5.92 Å². The molecule has 1 heteroatoms. The molecule has 1 aromatic rings. The Hall–Kier alpha value is -0.820. The highest BCUT2D eigenvalue weighted by Gasteiger charge is 2.18. The molecule has 0 spiro atoms. The maximum atomic E-state index is 3.60. The van der Waals surface area contributed by atoms with Crippen LogP contribution in [0.25, 0.3) is 0 Å². The van der Waals surface area contributed by atoms with Gasteiger partial charge in [0.05, 0.1) is 0 Å². The van der Waals surface area contributed by atoms with E-state index >= 15 is 0 Å². The van der Waals surface area contributed by atoms with Crippen LogP contribution in [-0.2, 0) is 0 Å². The van der Waals surface area contributed by atoms with Crippen molar-refractivity contribution in [3.05, 3.63) is 34.9 Å². The van der Waals surface area contributed by atoms with Gasteiger partial charge in [0.15, 0.2) is 0 Å². The van der Waals surface area contributed by atoms with E-state index in [-0.39, 0.29) is 0 Å². The molecule has 0 aliphatic rings. The highest BCUT2D eigenvalue weighted by atomic mass is 14.9. The van der Waals surface area contributed by atoms with Crippen LogP contribution in [0.5, 0.6) is 0 Å². The quantitative estimate of drug-likeness (QED) is 0.784. The minimum absolute atomic E-state index is 0.558. The largest absolute Gasteiger partial charge is 0.314 e. The van der Waals surface area contributed by atoms with Crippen LogP contribution < -0.4 is 5.32 Å². The summed E-state index contributed by atoms with van der Waals surface area (Å²) < 4.78 is 0. The average molecular weight is 247 g/mol.